The van der Waals surface area contributed by atoms with Gasteiger partial charge in [0.05, 0.1) is 5.69 Å². The molecule has 0 radical (unpaired) electrons. The average Bonchev–Trinajstić information content (AvgIpc) is 3.52. The van der Waals surface area contributed by atoms with Crippen LogP contribution >= 0.6 is 0 Å². The molecule has 0 saturated carbocycles. The van der Waals surface area contributed by atoms with Crippen LogP contribution in [0.15, 0.2) is 194 Å². The van der Waals surface area contributed by atoms with Gasteiger partial charge in [-0.3, -0.25) is 0 Å². The fraction of sp³-hybridized carbons (Fsp3) is 0.138. The van der Waals surface area contributed by atoms with Crippen LogP contribution in [0.4, 0.5) is 28.4 Å². The lowest BCUT2D eigenvalue weighted by atomic mass is 9.74. The molecule has 0 aromatic heterocycles. The van der Waals surface area contributed by atoms with E-state index >= 15 is 0 Å². The van der Waals surface area contributed by atoms with Gasteiger partial charge < -0.3 is 10.2 Å². The van der Waals surface area contributed by atoms with E-state index in [1.165, 1.54) is 77.4 Å². The van der Waals surface area contributed by atoms with E-state index in [1.54, 1.807) is 5.57 Å². The summed E-state index contributed by atoms with van der Waals surface area (Å²) in [6.07, 6.45) is 11.6. The molecule has 8 aromatic rings. The van der Waals surface area contributed by atoms with Gasteiger partial charge in [0, 0.05) is 39.5 Å². The molecular weight excluding hydrogens is 725 g/mol. The van der Waals surface area contributed by atoms with Crippen LogP contribution in [0.3, 0.4) is 0 Å². The summed E-state index contributed by atoms with van der Waals surface area (Å²) in [4.78, 5) is 2.45. The largest absolute Gasteiger partial charge is 0.355 e. The minimum Gasteiger partial charge on any atom is -0.355 e. The summed E-state index contributed by atoms with van der Waals surface area (Å²) in [7, 11) is 0. The number of hydrogen-bond donors (Lipinski definition) is 1. The average molecular weight is 773 g/mol. The molecule has 0 bridgehead atoms. The quantitative estimate of drug-likeness (QED) is 0.174. The van der Waals surface area contributed by atoms with Crippen LogP contribution in [0.1, 0.15) is 67.3 Å². The van der Waals surface area contributed by atoms with E-state index in [2.05, 4.69) is 225 Å². The van der Waals surface area contributed by atoms with Crippen molar-refractivity contribution in [2.24, 2.45) is 5.92 Å². The second kappa shape index (κ2) is 14.4. The number of fused-ring (bicyclic) bond motifs is 5. The SMILES string of the molecule is CC1C=Cc2ccccc2C1c1c(Nc2ccc(-c3ccc(N(c4ccc5c(c4)C(C)(C)C4=C5C=CCC4)c4cccc5ccccc45)cc3)cc2)ccc2ccccc12. The molecular formula is C58H48N2. The maximum atomic E-state index is 3.87. The molecule has 0 saturated heterocycles. The number of hydrogen-bond acceptors (Lipinski definition) is 2. The van der Waals surface area contributed by atoms with Gasteiger partial charge in [-0.15, -0.1) is 0 Å². The van der Waals surface area contributed by atoms with Gasteiger partial charge in [-0.05, 0) is 128 Å². The highest BCUT2D eigenvalue weighted by molar-refractivity contribution is 6.00. The molecule has 0 amide bonds. The standard InChI is InChI=1S/C58H48N2/c1-38-23-24-42-14-5-8-18-48(42)56(38)57-49-19-9-6-15-43(49)29-36-54(57)59-44-30-25-39(26-31-44)40-27-32-45(33-28-40)60(55-22-12-16-41-13-4-7-17-47(41)55)46-34-35-51-50-20-10-11-21-52(50)58(2,3)53(51)37-46/h4-10,12-20,22-38,56,59H,11,21H2,1-3H3. The molecule has 8 aromatic carbocycles. The molecule has 0 fully saturated rings. The van der Waals surface area contributed by atoms with E-state index in [0.717, 1.165) is 29.9 Å². The molecule has 2 nitrogen and oxygen atoms in total. The third kappa shape index (κ3) is 6.01. The molecule has 3 aliphatic carbocycles. The molecule has 0 heterocycles. The van der Waals surface area contributed by atoms with Gasteiger partial charge in [-0.1, -0.05) is 172 Å². The number of anilines is 5. The summed E-state index contributed by atoms with van der Waals surface area (Å²) in [6, 6.07) is 62.8. The molecule has 60 heavy (non-hydrogen) atoms. The predicted octanol–water partition coefficient (Wildman–Crippen LogP) is 16.1. The Morgan fingerprint density at radius 2 is 1.30 bits per heavy atom. The molecule has 0 aliphatic heterocycles. The van der Waals surface area contributed by atoms with Crippen LogP contribution in [-0.4, -0.2) is 0 Å². The van der Waals surface area contributed by atoms with Crippen LogP contribution in [-0.2, 0) is 5.41 Å². The fourth-order valence-corrected chi connectivity index (χ4v) is 10.4. The van der Waals surface area contributed by atoms with E-state index in [9.17, 15) is 0 Å². The van der Waals surface area contributed by atoms with Crippen LogP contribution in [0.25, 0.3) is 44.3 Å². The van der Waals surface area contributed by atoms with Gasteiger partial charge in [0.1, 0.15) is 0 Å². The Morgan fingerprint density at radius 3 is 2.12 bits per heavy atom. The van der Waals surface area contributed by atoms with Crippen molar-refractivity contribution < 1.29 is 0 Å². The second-order valence-corrected chi connectivity index (χ2v) is 17.3. The molecule has 3 aliphatic rings. The third-order valence-corrected chi connectivity index (χ3v) is 13.5. The maximum absolute atomic E-state index is 3.87. The Morgan fingerprint density at radius 1 is 0.617 bits per heavy atom. The summed E-state index contributed by atoms with van der Waals surface area (Å²) in [6.45, 7) is 7.16. The smallest absolute Gasteiger partial charge is 0.0540 e. The first-order chi connectivity index (χ1) is 29.4. The molecule has 2 heteroatoms. The van der Waals surface area contributed by atoms with Crippen LogP contribution in [0, 0.1) is 5.92 Å². The molecule has 290 valence electrons. The zero-order valence-electron chi connectivity index (χ0n) is 34.5. The van der Waals surface area contributed by atoms with E-state index in [-0.39, 0.29) is 11.3 Å². The predicted molar refractivity (Wildman–Crippen MR) is 256 cm³/mol. The van der Waals surface area contributed by atoms with Gasteiger partial charge in [-0.2, -0.15) is 0 Å². The van der Waals surface area contributed by atoms with Gasteiger partial charge >= 0.3 is 0 Å². The van der Waals surface area contributed by atoms with E-state index < -0.39 is 0 Å². The third-order valence-electron chi connectivity index (χ3n) is 13.5. The summed E-state index contributed by atoms with van der Waals surface area (Å²) < 4.78 is 0. The van der Waals surface area contributed by atoms with Crippen molar-refractivity contribution in [3.63, 3.8) is 0 Å². The first-order valence-corrected chi connectivity index (χ1v) is 21.5. The fourth-order valence-electron chi connectivity index (χ4n) is 10.4. The van der Waals surface area contributed by atoms with Crippen LogP contribution < -0.4 is 10.2 Å². The lowest BCUT2D eigenvalue weighted by Crippen LogP contribution is -2.19. The Balaban J connectivity index is 0.931. The highest BCUT2D eigenvalue weighted by Gasteiger charge is 2.38. The first kappa shape index (κ1) is 36.2. The van der Waals surface area contributed by atoms with Crippen molar-refractivity contribution in [3.05, 3.63) is 221 Å². The number of nitrogens with one attached hydrogen (secondary N) is 1. The lowest BCUT2D eigenvalue weighted by molar-refractivity contribution is 0.607. The molecule has 2 atom stereocenters. The summed E-state index contributed by atoms with van der Waals surface area (Å²) >= 11 is 0. The van der Waals surface area contributed by atoms with Crippen molar-refractivity contribution in [3.8, 4) is 11.1 Å². The molecule has 1 N–H and O–H groups in total. The lowest BCUT2D eigenvalue weighted by Gasteiger charge is -2.31. The molecule has 0 spiro atoms. The molecule has 11 rings (SSSR count). The number of nitrogens with zero attached hydrogens (tertiary/aromatic N) is 1. The summed E-state index contributed by atoms with van der Waals surface area (Å²) in [5, 5.41) is 8.91. The maximum Gasteiger partial charge on any atom is 0.0540 e. The van der Waals surface area contributed by atoms with Crippen LogP contribution in [0.5, 0.6) is 0 Å². The second-order valence-electron chi connectivity index (χ2n) is 17.3. The topological polar surface area (TPSA) is 15.3 Å². The van der Waals surface area contributed by atoms with E-state index in [0.29, 0.717) is 5.92 Å². The number of benzene rings is 8. The minimum absolute atomic E-state index is 0.00628. The van der Waals surface area contributed by atoms with Crippen molar-refractivity contribution in [1.82, 2.24) is 0 Å². The highest BCUT2D eigenvalue weighted by atomic mass is 15.1. The van der Waals surface area contributed by atoms with Crippen LogP contribution in [0.2, 0.25) is 0 Å². The highest BCUT2D eigenvalue weighted by Crippen LogP contribution is 2.52. The zero-order valence-corrected chi connectivity index (χ0v) is 34.5. The Bertz CT molecular complexity index is 3050. The minimum atomic E-state index is -0.00628. The molecule has 2 unspecified atom stereocenters. The van der Waals surface area contributed by atoms with E-state index in [4.69, 9.17) is 0 Å². The summed E-state index contributed by atoms with van der Waals surface area (Å²) in [5.74, 6) is 0.607. The Hall–Kier alpha value is -6.90. The Kier molecular flexibility index (Phi) is 8.71. The van der Waals surface area contributed by atoms with Crippen molar-refractivity contribution in [2.45, 2.75) is 44.9 Å². The normalized spacial score (nSPS) is 17.4. The van der Waals surface area contributed by atoms with Gasteiger partial charge in [-0.25, -0.2) is 0 Å². The Labute approximate surface area is 353 Å². The van der Waals surface area contributed by atoms with Gasteiger partial charge in [0.2, 0.25) is 0 Å². The van der Waals surface area contributed by atoms with E-state index in [1.807, 2.05) is 0 Å². The monoisotopic (exact) mass is 772 g/mol. The number of allylic oxidation sites excluding steroid dienone is 5. The number of rotatable bonds is 7. The first-order valence-electron chi connectivity index (χ1n) is 21.5. The van der Waals surface area contributed by atoms with Crippen molar-refractivity contribution in [1.29, 1.82) is 0 Å². The summed E-state index contributed by atoms with van der Waals surface area (Å²) in [5.41, 5.74) is 17.9. The van der Waals surface area contributed by atoms with Crippen molar-refractivity contribution in [2.75, 3.05) is 10.2 Å². The van der Waals surface area contributed by atoms with Crippen molar-refractivity contribution >= 4 is 61.6 Å². The van der Waals surface area contributed by atoms with Gasteiger partial charge in [0.15, 0.2) is 0 Å². The van der Waals surface area contributed by atoms with Gasteiger partial charge in [0.25, 0.3) is 0 Å². The zero-order chi connectivity index (χ0) is 40.4.